The van der Waals surface area contributed by atoms with Crippen molar-refractivity contribution < 1.29 is 0 Å². The lowest BCUT2D eigenvalue weighted by Crippen LogP contribution is -1.87. The number of hydrogen-bond donors (Lipinski definition) is 0. The summed E-state index contributed by atoms with van der Waals surface area (Å²) in [6, 6.07) is 1.72. The van der Waals surface area contributed by atoms with Crippen LogP contribution in [0.4, 0.5) is 0 Å². The smallest absolute Gasteiger partial charge is 0.149 e. The zero-order chi connectivity index (χ0) is 8.43. The minimum Gasteiger partial charge on any atom is -0.239 e. The molecular weight excluding hydrogens is 204 g/mol. The first-order valence-electron chi connectivity index (χ1n) is 3.15. The van der Waals surface area contributed by atoms with E-state index in [2.05, 4.69) is 4.98 Å². The summed E-state index contributed by atoms with van der Waals surface area (Å²) >= 11 is 17.1. The van der Waals surface area contributed by atoms with Crippen molar-refractivity contribution in [2.45, 2.75) is 13.3 Å². The van der Waals surface area contributed by atoms with Crippen LogP contribution < -0.4 is 0 Å². The Morgan fingerprint density at radius 1 is 1.36 bits per heavy atom. The minimum absolute atomic E-state index is 0.274. The van der Waals surface area contributed by atoms with Crippen LogP contribution in [0.25, 0.3) is 0 Å². The number of nitrogens with zero attached hydrogens (tertiary/aromatic N) is 1. The molecule has 1 rings (SSSR count). The van der Waals surface area contributed by atoms with Crippen molar-refractivity contribution in [2.24, 2.45) is 0 Å². The van der Waals surface area contributed by atoms with Gasteiger partial charge in [-0.15, -0.1) is 0 Å². The largest absolute Gasteiger partial charge is 0.239 e. The van der Waals surface area contributed by atoms with E-state index in [4.69, 9.17) is 34.8 Å². The summed E-state index contributed by atoms with van der Waals surface area (Å²) in [6.07, 6.45) is 0.802. The second-order valence-electron chi connectivity index (χ2n) is 2.05. The van der Waals surface area contributed by atoms with Gasteiger partial charge in [0.2, 0.25) is 0 Å². The van der Waals surface area contributed by atoms with Gasteiger partial charge in [0.05, 0.1) is 10.0 Å². The van der Waals surface area contributed by atoms with Crippen LogP contribution in [0, 0.1) is 0 Å². The molecule has 1 nitrogen and oxygen atoms in total. The van der Waals surface area contributed by atoms with E-state index in [-0.39, 0.29) is 5.15 Å². The predicted octanol–water partition coefficient (Wildman–Crippen LogP) is 3.60. The minimum atomic E-state index is 0.274. The average Bonchev–Trinajstić information content (AvgIpc) is 1.99. The molecule has 1 heterocycles. The lowest BCUT2D eigenvalue weighted by molar-refractivity contribution is 1.04. The Balaban J connectivity index is 3.21. The van der Waals surface area contributed by atoms with Crippen molar-refractivity contribution in [1.29, 1.82) is 0 Å². The molecule has 11 heavy (non-hydrogen) atoms. The van der Waals surface area contributed by atoms with Crippen molar-refractivity contribution in [3.8, 4) is 0 Å². The van der Waals surface area contributed by atoms with E-state index >= 15 is 0 Å². The maximum Gasteiger partial charge on any atom is 0.149 e. The monoisotopic (exact) mass is 209 g/mol. The fraction of sp³-hybridized carbons (Fsp3) is 0.286. The van der Waals surface area contributed by atoms with Gasteiger partial charge >= 0.3 is 0 Å². The molecule has 60 valence electrons. The molecule has 0 aliphatic carbocycles. The Morgan fingerprint density at radius 3 is 2.45 bits per heavy atom. The van der Waals surface area contributed by atoms with Gasteiger partial charge in [0.25, 0.3) is 0 Å². The predicted molar refractivity (Wildman–Crippen MR) is 48.6 cm³/mol. The van der Waals surface area contributed by atoms with E-state index in [1.807, 2.05) is 6.92 Å². The summed E-state index contributed by atoms with van der Waals surface area (Å²) in [6.45, 7) is 1.98. The van der Waals surface area contributed by atoms with E-state index in [0.29, 0.717) is 10.0 Å². The zero-order valence-electron chi connectivity index (χ0n) is 5.87. The second kappa shape index (κ2) is 3.61. The number of rotatable bonds is 1. The van der Waals surface area contributed by atoms with E-state index in [1.165, 1.54) is 0 Å². The highest BCUT2D eigenvalue weighted by Crippen LogP contribution is 2.28. The lowest BCUT2D eigenvalue weighted by Gasteiger charge is -2.00. The molecule has 1 aromatic rings. The first-order chi connectivity index (χ1) is 5.15. The van der Waals surface area contributed by atoms with Gasteiger partial charge in [0.15, 0.2) is 0 Å². The first kappa shape index (κ1) is 9.11. The number of aryl methyl sites for hydroxylation is 1. The zero-order valence-corrected chi connectivity index (χ0v) is 8.13. The average molecular weight is 210 g/mol. The van der Waals surface area contributed by atoms with Crippen LogP contribution in [0.15, 0.2) is 6.07 Å². The maximum atomic E-state index is 5.74. The topological polar surface area (TPSA) is 12.9 Å². The Hall–Kier alpha value is 0.0200. The fourth-order valence-corrected chi connectivity index (χ4v) is 1.27. The van der Waals surface area contributed by atoms with Gasteiger partial charge in [-0.2, -0.15) is 0 Å². The van der Waals surface area contributed by atoms with Crippen LogP contribution in [0.3, 0.4) is 0 Å². The normalized spacial score (nSPS) is 10.2. The van der Waals surface area contributed by atoms with Crippen LogP contribution in [0.5, 0.6) is 0 Å². The van der Waals surface area contributed by atoms with Crippen LogP contribution in [0.2, 0.25) is 15.2 Å². The van der Waals surface area contributed by atoms with Gasteiger partial charge in [-0.1, -0.05) is 41.7 Å². The van der Waals surface area contributed by atoms with E-state index in [1.54, 1.807) is 6.07 Å². The molecule has 0 spiro atoms. The molecule has 1 aromatic heterocycles. The van der Waals surface area contributed by atoms with Crippen molar-refractivity contribution in [2.75, 3.05) is 0 Å². The molecule has 0 bridgehead atoms. The highest BCUT2D eigenvalue weighted by Gasteiger charge is 2.05. The highest BCUT2D eigenvalue weighted by atomic mass is 35.5. The summed E-state index contributed by atoms with van der Waals surface area (Å²) in [4.78, 5) is 4.00. The van der Waals surface area contributed by atoms with Crippen molar-refractivity contribution >= 4 is 34.8 Å². The van der Waals surface area contributed by atoms with Crippen molar-refractivity contribution in [1.82, 2.24) is 4.98 Å². The maximum absolute atomic E-state index is 5.74. The van der Waals surface area contributed by atoms with Crippen LogP contribution in [-0.4, -0.2) is 4.98 Å². The summed E-state index contributed by atoms with van der Waals surface area (Å²) in [5.41, 5.74) is 0.851. The third-order valence-electron chi connectivity index (χ3n) is 1.29. The Kier molecular flexibility index (Phi) is 2.99. The molecule has 0 aromatic carbocycles. The standard InChI is InChI=1S/C7H6Cl3N/c1-2-4-3-5(8)6(9)7(10)11-4/h3H,2H2,1H3. The molecule has 0 amide bonds. The van der Waals surface area contributed by atoms with Crippen LogP contribution >= 0.6 is 34.8 Å². The molecule has 0 saturated heterocycles. The third-order valence-corrected chi connectivity index (χ3v) is 2.44. The quantitative estimate of drug-likeness (QED) is 0.646. The second-order valence-corrected chi connectivity index (χ2v) is 3.20. The third kappa shape index (κ3) is 1.98. The highest BCUT2D eigenvalue weighted by molar-refractivity contribution is 6.47. The van der Waals surface area contributed by atoms with Crippen LogP contribution in [-0.2, 0) is 6.42 Å². The van der Waals surface area contributed by atoms with Crippen molar-refractivity contribution in [3.05, 3.63) is 27.0 Å². The van der Waals surface area contributed by atoms with E-state index in [0.717, 1.165) is 12.1 Å². The van der Waals surface area contributed by atoms with Gasteiger partial charge in [0, 0.05) is 5.69 Å². The Morgan fingerprint density at radius 2 is 2.00 bits per heavy atom. The van der Waals surface area contributed by atoms with Gasteiger partial charge in [0.1, 0.15) is 5.15 Å². The van der Waals surface area contributed by atoms with Crippen molar-refractivity contribution in [3.63, 3.8) is 0 Å². The first-order valence-corrected chi connectivity index (χ1v) is 4.29. The Bertz CT molecular complexity index is 249. The summed E-state index contributed by atoms with van der Waals surface area (Å²) < 4.78 is 0. The Labute approximate surface area is 80.3 Å². The molecule has 0 N–H and O–H groups in total. The summed E-state index contributed by atoms with van der Waals surface area (Å²) in [5.74, 6) is 0. The molecule has 0 aliphatic heterocycles. The van der Waals surface area contributed by atoms with Gasteiger partial charge < -0.3 is 0 Å². The molecule has 0 unspecified atom stereocenters. The number of halogens is 3. The number of hydrogen-bond acceptors (Lipinski definition) is 1. The lowest BCUT2D eigenvalue weighted by atomic mass is 10.3. The fourth-order valence-electron chi connectivity index (χ4n) is 0.697. The summed E-state index contributed by atoms with van der Waals surface area (Å²) in [7, 11) is 0. The molecule has 4 heteroatoms. The molecule has 0 fully saturated rings. The number of aromatic nitrogens is 1. The molecule has 0 saturated carbocycles. The van der Waals surface area contributed by atoms with E-state index in [9.17, 15) is 0 Å². The number of pyridine rings is 1. The SMILES string of the molecule is CCc1cc(Cl)c(Cl)c(Cl)n1. The van der Waals surface area contributed by atoms with Gasteiger partial charge in [-0.3, -0.25) is 0 Å². The van der Waals surface area contributed by atoms with Gasteiger partial charge in [-0.05, 0) is 12.5 Å². The van der Waals surface area contributed by atoms with E-state index < -0.39 is 0 Å². The van der Waals surface area contributed by atoms with Crippen LogP contribution in [0.1, 0.15) is 12.6 Å². The van der Waals surface area contributed by atoms with Gasteiger partial charge in [-0.25, -0.2) is 4.98 Å². The molecular formula is C7H6Cl3N. The molecule has 0 aliphatic rings. The molecule has 0 radical (unpaired) electrons. The molecule has 0 atom stereocenters. The summed E-state index contributed by atoms with van der Waals surface area (Å²) in [5, 5.41) is 1.06.